The summed E-state index contributed by atoms with van der Waals surface area (Å²) in [7, 11) is -3.55. The normalized spacial score (nSPS) is 20.6. The van der Waals surface area contributed by atoms with E-state index in [0.29, 0.717) is 31.1 Å². The first-order valence-corrected chi connectivity index (χ1v) is 12.9. The second-order valence-electron chi connectivity index (χ2n) is 8.11. The van der Waals surface area contributed by atoms with Gasteiger partial charge in [-0.3, -0.25) is 9.59 Å². The summed E-state index contributed by atoms with van der Waals surface area (Å²) in [5.41, 5.74) is 1.01. The lowest BCUT2D eigenvalue weighted by Gasteiger charge is -2.38. The van der Waals surface area contributed by atoms with Crippen LogP contribution in [-0.4, -0.2) is 73.6 Å². The largest absolute Gasteiger partial charge is 0.340 e. The van der Waals surface area contributed by atoms with Gasteiger partial charge in [0.1, 0.15) is 0 Å². The van der Waals surface area contributed by atoms with Crippen molar-refractivity contribution in [1.29, 1.82) is 0 Å². The lowest BCUT2D eigenvalue weighted by Crippen LogP contribution is -2.54. The number of likely N-dealkylation sites (tertiary alicyclic amines) is 1. The van der Waals surface area contributed by atoms with E-state index in [9.17, 15) is 18.0 Å². The lowest BCUT2D eigenvalue weighted by atomic mass is 9.96. The fourth-order valence-corrected chi connectivity index (χ4v) is 6.30. The number of benzene rings is 1. The van der Waals surface area contributed by atoms with Crippen LogP contribution in [0.5, 0.6) is 0 Å². The van der Waals surface area contributed by atoms with Crippen LogP contribution in [0.25, 0.3) is 0 Å². The molecule has 1 aromatic carbocycles. The number of amides is 2. The zero-order valence-corrected chi connectivity index (χ0v) is 19.2. The molecule has 2 aliphatic heterocycles. The topological polar surface area (TPSA) is 78.0 Å². The van der Waals surface area contributed by atoms with E-state index in [1.54, 1.807) is 34.1 Å². The number of carbonyl (C=O) groups is 2. The number of sulfonamides is 1. The minimum atomic E-state index is -3.55. The van der Waals surface area contributed by atoms with Crippen LogP contribution < -0.4 is 0 Å². The number of rotatable bonds is 4. The van der Waals surface area contributed by atoms with E-state index in [1.807, 2.05) is 24.4 Å². The van der Waals surface area contributed by atoms with Gasteiger partial charge < -0.3 is 9.80 Å². The molecule has 0 saturated carbocycles. The molecule has 4 rings (SSSR count). The minimum absolute atomic E-state index is 0.0125. The number of carbonyl (C=O) groups excluding carboxylic acids is 2. The molecule has 166 valence electrons. The predicted octanol–water partition coefficient (Wildman–Crippen LogP) is 2.44. The quantitative estimate of drug-likeness (QED) is 0.701. The average Bonchev–Trinajstić information content (AvgIpc) is 3.33. The summed E-state index contributed by atoms with van der Waals surface area (Å²) < 4.78 is 27.2. The van der Waals surface area contributed by atoms with Crippen LogP contribution in [0.2, 0.25) is 0 Å². The number of thiophene rings is 1. The van der Waals surface area contributed by atoms with E-state index < -0.39 is 10.0 Å². The van der Waals surface area contributed by atoms with Crippen molar-refractivity contribution in [3.63, 3.8) is 0 Å². The Morgan fingerprint density at radius 1 is 0.968 bits per heavy atom. The second-order valence-corrected chi connectivity index (χ2v) is 11.0. The van der Waals surface area contributed by atoms with E-state index in [4.69, 9.17) is 0 Å². The maximum atomic E-state index is 13.1. The molecular weight excluding hydrogens is 434 g/mol. The molecule has 9 heteroatoms. The highest BCUT2D eigenvalue weighted by molar-refractivity contribution is 7.89. The Labute approximate surface area is 187 Å². The van der Waals surface area contributed by atoms with Crippen molar-refractivity contribution in [1.82, 2.24) is 14.1 Å². The van der Waals surface area contributed by atoms with Gasteiger partial charge in [-0.25, -0.2) is 8.42 Å². The Hall–Kier alpha value is -2.23. The molecule has 1 unspecified atom stereocenters. The Balaban J connectivity index is 1.35. The van der Waals surface area contributed by atoms with Gasteiger partial charge >= 0.3 is 0 Å². The summed E-state index contributed by atoms with van der Waals surface area (Å²) in [6.45, 7) is 4.33. The maximum Gasteiger partial charge on any atom is 0.263 e. The molecule has 2 amide bonds. The highest BCUT2D eigenvalue weighted by Gasteiger charge is 2.35. The Bertz CT molecular complexity index is 1030. The molecule has 2 saturated heterocycles. The van der Waals surface area contributed by atoms with Gasteiger partial charge in [0.15, 0.2) is 0 Å². The molecule has 0 spiro atoms. The average molecular weight is 462 g/mol. The summed E-state index contributed by atoms with van der Waals surface area (Å²) in [6.07, 6.45) is 1.56. The van der Waals surface area contributed by atoms with Crippen molar-refractivity contribution in [2.75, 3.05) is 39.3 Å². The minimum Gasteiger partial charge on any atom is -0.340 e. The number of piperazine rings is 1. The van der Waals surface area contributed by atoms with Gasteiger partial charge in [0, 0.05) is 39.3 Å². The predicted molar refractivity (Wildman–Crippen MR) is 119 cm³/mol. The first-order valence-electron chi connectivity index (χ1n) is 10.5. The highest BCUT2D eigenvalue weighted by Crippen LogP contribution is 2.24. The van der Waals surface area contributed by atoms with Crippen LogP contribution in [0.1, 0.15) is 28.1 Å². The van der Waals surface area contributed by atoms with Crippen molar-refractivity contribution in [3.05, 3.63) is 52.2 Å². The summed E-state index contributed by atoms with van der Waals surface area (Å²) in [6, 6.07) is 10.5. The Morgan fingerprint density at radius 2 is 1.68 bits per heavy atom. The van der Waals surface area contributed by atoms with E-state index >= 15 is 0 Å². The molecule has 1 aromatic heterocycles. The molecule has 0 aliphatic carbocycles. The number of piperidine rings is 1. The molecule has 0 N–H and O–H groups in total. The third-order valence-corrected chi connectivity index (χ3v) is 8.77. The molecule has 2 aliphatic rings. The van der Waals surface area contributed by atoms with Crippen LogP contribution in [0.15, 0.2) is 46.7 Å². The molecule has 3 heterocycles. The van der Waals surface area contributed by atoms with E-state index in [-0.39, 0.29) is 35.7 Å². The smallest absolute Gasteiger partial charge is 0.263 e. The Morgan fingerprint density at radius 3 is 2.32 bits per heavy atom. The molecule has 0 bridgehead atoms. The molecule has 0 radical (unpaired) electrons. The number of nitrogens with zero attached hydrogens (tertiary/aromatic N) is 3. The summed E-state index contributed by atoms with van der Waals surface area (Å²) >= 11 is 1.41. The summed E-state index contributed by atoms with van der Waals surface area (Å²) in [5.74, 6) is -0.213. The van der Waals surface area contributed by atoms with E-state index in [2.05, 4.69) is 0 Å². The van der Waals surface area contributed by atoms with Gasteiger partial charge in [-0.1, -0.05) is 23.8 Å². The van der Waals surface area contributed by atoms with Crippen molar-refractivity contribution < 1.29 is 18.0 Å². The number of hydrogen-bond donors (Lipinski definition) is 0. The van der Waals surface area contributed by atoms with Gasteiger partial charge in [-0.15, -0.1) is 11.3 Å². The van der Waals surface area contributed by atoms with Crippen LogP contribution in [0.4, 0.5) is 0 Å². The molecule has 7 nitrogen and oxygen atoms in total. The van der Waals surface area contributed by atoms with Gasteiger partial charge in [-0.05, 0) is 43.3 Å². The van der Waals surface area contributed by atoms with Crippen LogP contribution in [0.3, 0.4) is 0 Å². The number of aryl methyl sites for hydroxylation is 1. The van der Waals surface area contributed by atoms with Crippen molar-refractivity contribution >= 4 is 33.2 Å². The SMILES string of the molecule is Cc1ccc(S(=O)(=O)N2CCN(C(=O)C3CCCN(C(=O)c4cccs4)C3)CC2)cc1. The molecule has 1 atom stereocenters. The van der Waals surface area contributed by atoms with Gasteiger partial charge in [0.2, 0.25) is 15.9 Å². The molecule has 31 heavy (non-hydrogen) atoms. The van der Waals surface area contributed by atoms with Crippen molar-refractivity contribution in [2.24, 2.45) is 5.92 Å². The van der Waals surface area contributed by atoms with Crippen molar-refractivity contribution in [2.45, 2.75) is 24.7 Å². The second kappa shape index (κ2) is 9.10. The first-order chi connectivity index (χ1) is 14.9. The van der Waals surface area contributed by atoms with E-state index in [0.717, 1.165) is 18.4 Å². The molecule has 2 fully saturated rings. The molecular formula is C22H27N3O4S2. The monoisotopic (exact) mass is 461 g/mol. The van der Waals surface area contributed by atoms with Gasteiger partial charge in [0.05, 0.1) is 15.7 Å². The van der Waals surface area contributed by atoms with Crippen LogP contribution in [-0.2, 0) is 14.8 Å². The van der Waals surface area contributed by atoms with Crippen LogP contribution in [0, 0.1) is 12.8 Å². The third-order valence-electron chi connectivity index (χ3n) is 6.00. The third kappa shape index (κ3) is 4.68. The number of hydrogen-bond acceptors (Lipinski definition) is 5. The maximum absolute atomic E-state index is 13.1. The summed E-state index contributed by atoms with van der Waals surface area (Å²) in [5, 5.41) is 1.88. The fraction of sp³-hybridized carbons (Fsp3) is 0.455. The van der Waals surface area contributed by atoms with E-state index in [1.165, 1.54) is 15.6 Å². The first kappa shape index (κ1) is 22.0. The standard InChI is InChI=1S/C22H27N3O4S2/c1-17-6-8-19(9-7-17)31(28,29)25-13-11-23(12-14-25)21(26)18-4-2-10-24(16-18)22(27)20-5-3-15-30-20/h3,5-9,15,18H,2,4,10-14,16H2,1H3. The summed E-state index contributed by atoms with van der Waals surface area (Å²) in [4.78, 5) is 30.3. The van der Waals surface area contributed by atoms with Gasteiger partial charge in [0.25, 0.3) is 5.91 Å². The fourth-order valence-electron chi connectivity index (χ4n) is 4.19. The van der Waals surface area contributed by atoms with Gasteiger partial charge in [-0.2, -0.15) is 4.31 Å². The zero-order valence-electron chi connectivity index (χ0n) is 17.6. The molecule has 2 aromatic rings. The van der Waals surface area contributed by atoms with Crippen molar-refractivity contribution in [3.8, 4) is 0 Å². The lowest BCUT2D eigenvalue weighted by molar-refractivity contribution is -0.138. The highest BCUT2D eigenvalue weighted by atomic mass is 32.2. The Kier molecular flexibility index (Phi) is 6.45. The van der Waals surface area contributed by atoms with Crippen LogP contribution >= 0.6 is 11.3 Å². The zero-order chi connectivity index (χ0) is 22.0.